The Morgan fingerprint density at radius 2 is 1.95 bits per heavy atom. The van der Waals surface area contributed by atoms with Gasteiger partial charge in [-0.2, -0.15) is 0 Å². The number of likely N-dealkylation sites (tertiary alicyclic amines) is 2. The van der Waals surface area contributed by atoms with Crippen molar-refractivity contribution in [3.05, 3.63) is 70.3 Å². The highest BCUT2D eigenvalue weighted by molar-refractivity contribution is 9.10. The number of nitrogens with zero attached hydrogens (tertiary/aromatic N) is 4. The van der Waals surface area contributed by atoms with Gasteiger partial charge in [-0.3, -0.25) is 9.69 Å². The molecule has 1 aromatic carbocycles. The molecule has 1 N–H and O–H groups in total. The average molecular weight is 584 g/mol. The molecule has 2 aliphatic heterocycles. The molecule has 0 radical (unpaired) electrons. The number of piperidine rings is 1. The quantitative estimate of drug-likeness (QED) is 0.365. The van der Waals surface area contributed by atoms with E-state index in [9.17, 15) is 14.3 Å². The average Bonchev–Trinajstić information content (AvgIpc) is 3.48. The second-order valence-corrected chi connectivity index (χ2v) is 12.5. The zero-order valence-corrected chi connectivity index (χ0v) is 23.3. The van der Waals surface area contributed by atoms with Crippen LogP contribution >= 0.6 is 15.9 Å². The van der Waals surface area contributed by atoms with Crippen molar-refractivity contribution in [2.75, 3.05) is 32.7 Å². The highest BCUT2D eigenvalue weighted by atomic mass is 79.9. The zero-order valence-electron chi connectivity index (χ0n) is 21.7. The fraction of sp³-hybridized carbons (Fsp3) is 0.533. The molecule has 6 rings (SSSR count). The minimum atomic E-state index is -0.712. The molecule has 8 heteroatoms. The van der Waals surface area contributed by atoms with Crippen LogP contribution in [-0.4, -0.2) is 69.0 Å². The Hall–Kier alpha value is -2.29. The molecular weight excluding hydrogens is 547 g/mol. The molecule has 3 atom stereocenters. The Bertz CT molecular complexity index is 1290. The summed E-state index contributed by atoms with van der Waals surface area (Å²) in [6, 6.07) is 10.6. The van der Waals surface area contributed by atoms with Crippen LogP contribution in [0.1, 0.15) is 61.6 Å². The largest absolute Gasteiger partial charge is 0.480 e. The molecule has 0 bridgehead atoms. The first-order valence-corrected chi connectivity index (χ1v) is 14.8. The molecule has 2 aromatic heterocycles. The Morgan fingerprint density at radius 1 is 1.13 bits per heavy atom. The molecule has 38 heavy (non-hydrogen) atoms. The minimum Gasteiger partial charge on any atom is -0.480 e. The fourth-order valence-corrected chi connectivity index (χ4v) is 7.26. The van der Waals surface area contributed by atoms with E-state index in [1.54, 1.807) is 12.1 Å². The topological polar surface area (TPSA) is 61.1 Å². The summed E-state index contributed by atoms with van der Waals surface area (Å²) in [5, 5.41) is 10.1. The van der Waals surface area contributed by atoms with Crippen LogP contribution in [0.4, 0.5) is 4.39 Å². The van der Waals surface area contributed by atoms with Crippen LogP contribution in [-0.2, 0) is 4.79 Å². The number of benzene rings is 1. The molecule has 1 saturated carbocycles. The zero-order chi connectivity index (χ0) is 26.2. The van der Waals surface area contributed by atoms with Gasteiger partial charge in [0.05, 0.1) is 0 Å². The van der Waals surface area contributed by atoms with E-state index in [2.05, 4.69) is 41.3 Å². The van der Waals surface area contributed by atoms with Crippen LogP contribution < -0.4 is 0 Å². The summed E-state index contributed by atoms with van der Waals surface area (Å²) in [5.41, 5.74) is 3.24. The van der Waals surface area contributed by atoms with Crippen LogP contribution in [0.2, 0.25) is 0 Å². The number of aromatic nitrogens is 2. The first-order chi connectivity index (χ1) is 18.4. The lowest BCUT2D eigenvalue weighted by Crippen LogP contribution is -2.43. The van der Waals surface area contributed by atoms with Crippen molar-refractivity contribution in [1.29, 1.82) is 0 Å². The van der Waals surface area contributed by atoms with Gasteiger partial charge in [0, 0.05) is 54.0 Å². The van der Waals surface area contributed by atoms with Crippen molar-refractivity contribution < 1.29 is 14.3 Å². The number of carboxylic acids is 1. The third kappa shape index (κ3) is 5.40. The van der Waals surface area contributed by atoms with E-state index in [-0.39, 0.29) is 17.7 Å². The first kappa shape index (κ1) is 26.0. The highest BCUT2D eigenvalue weighted by Crippen LogP contribution is 2.39. The Morgan fingerprint density at radius 3 is 2.66 bits per heavy atom. The van der Waals surface area contributed by atoms with E-state index in [1.165, 1.54) is 18.2 Å². The summed E-state index contributed by atoms with van der Waals surface area (Å²) in [6.45, 7) is 4.36. The monoisotopic (exact) mass is 582 g/mol. The van der Waals surface area contributed by atoms with Crippen molar-refractivity contribution in [1.82, 2.24) is 19.2 Å². The van der Waals surface area contributed by atoms with Crippen LogP contribution in [0.5, 0.6) is 0 Å². The summed E-state index contributed by atoms with van der Waals surface area (Å²) < 4.78 is 17.5. The number of carboxylic acid groups (broad SMARTS) is 1. The Labute approximate surface area is 232 Å². The molecular formula is C30H36BrFN4O2. The summed E-state index contributed by atoms with van der Waals surface area (Å²) in [7, 11) is 0. The van der Waals surface area contributed by atoms with Gasteiger partial charge in [-0.25, -0.2) is 9.37 Å². The third-order valence-corrected chi connectivity index (χ3v) is 9.72. The van der Waals surface area contributed by atoms with E-state index in [4.69, 9.17) is 0 Å². The van der Waals surface area contributed by atoms with Crippen LogP contribution in [0.25, 0.3) is 5.65 Å². The maximum Gasteiger partial charge on any atom is 0.320 e. The summed E-state index contributed by atoms with van der Waals surface area (Å²) in [6.07, 6.45) is 10.5. The van der Waals surface area contributed by atoms with Gasteiger partial charge in [-0.1, -0.05) is 31.4 Å². The molecule has 3 fully saturated rings. The molecule has 0 unspecified atom stereocenters. The summed E-state index contributed by atoms with van der Waals surface area (Å²) >= 11 is 3.59. The first-order valence-electron chi connectivity index (χ1n) is 14.0. The summed E-state index contributed by atoms with van der Waals surface area (Å²) in [5.74, 6) is 0.488. The van der Waals surface area contributed by atoms with Gasteiger partial charge in [0.15, 0.2) is 0 Å². The van der Waals surface area contributed by atoms with Gasteiger partial charge in [0.25, 0.3) is 0 Å². The number of hydrogen-bond acceptors (Lipinski definition) is 4. The Kier molecular flexibility index (Phi) is 7.56. The van der Waals surface area contributed by atoms with Crippen molar-refractivity contribution in [2.24, 2.45) is 11.8 Å². The predicted octanol–water partition coefficient (Wildman–Crippen LogP) is 5.77. The Balaban J connectivity index is 1.15. The SMILES string of the molecule is O=C(O)[C@@H](CC1CCC1)N1C[C@H](CN2CCC(c3cnc4ccc(Br)cn34)CC2)[C@@H](c2cccc(F)c2)C1. The van der Waals surface area contributed by atoms with E-state index >= 15 is 0 Å². The second-order valence-electron chi connectivity index (χ2n) is 11.6. The van der Waals surface area contributed by atoms with Crippen molar-refractivity contribution in [3.8, 4) is 0 Å². The van der Waals surface area contributed by atoms with E-state index in [0.29, 0.717) is 18.4 Å². The van der Waals surface area contributed by atoms with E-state index in [0.717, 1.165) is 74.0 Å². The van der Waals surface area contributed by atoms with Gasteiger partial charge in [-0.15, -0.1) is 0 Å². The van der Waals surface area contributed by atoms with Crippen LogP contribution in [0.3, 0.4) is 0 Å². The molecule has 0 amide bonds. The normalized spacial score (nSPS) is 24.6. The molecule has 0 spiro atoms. The number of imidazole rings is 1. The fourth-order valence-electron chi connectivity index (χ4n) is 6.93. The lowest BCUT2D eigenvalue weighted by atomic mass is 9.80. The van der Waals surface area contributed by atoms with Crippen molar-refractivity contribution in [3.63, 3.8) is 0 Å². The maximum absolute atomic E-state index is 14.2. The van der Waals surface area contributed by atoms with Gasteiger partial charge in [0.2, 0.25) is 0 Å². The number of aliphatic carboxylic acids is 1. The smallest absolute Gasteiger partial charge is 0.320 e. The van der Waals surface area contributed by atoms with E-state index < -0.39 is 12.0 Å². The standard InChI is InChI=1S/C30H36BrFN4O2/c31-24-7-8-29-33-15-28(36(29)18-24)21-9-11-34(12-10-21)16-23-17-35(27(30(37)38)13-20-3-1-4-20)19-26(23)22-5-2-6-25(32)14-22/h2,5-8,14-15,18,20-21,23,26-27H,1,3-4,9-13,16-17,19H2,(H,37,38)/t23-,26+,27+/m0/s1. The molecule has 6 nitrogen and oxygen atoms in total. The number of hydrogen-bond donors (Lipinski definition) is 1. The van der Waals surface area contributed by atoms with Gasteiger partial charge in [0.1, 0.15) is 17.5 Å². The lowest BCUT2D eigenvalue weighted by Gasteiger charge is -2.35. The maximum atomic E-state index is 14.2. The molecule has 3 aliphatic rings. The molecule has 4 heterocycles. The van der Waals surface area contributed by atoms with Gasteiger partial charge >= 0.3 is 5.97 Å². The molecule has 1 aliphatic carbocycles. The number of pyridine rings is 1. The van der Waals surface area contributed by atoms with E-state index in [1.807, 2.05) is 24.4 Å². The summed E-state index contributed by atoms with van der Waals surface area (Å²) in [4.78, 5) is 21.6. The minimum absolute atomic E-state index is 0.141. The van der Waals surface area contributed by atoms with Crippen LogP contribution in [0, 0.1) is 17.7 Å². The highest BCUT2D eigenvalue weighted by Gasteiger charge is 2.41. The van der Waals surface area contributed by atoms with Crippen molar-refractivity contribution >= 4 is 27.5 Å². The number of halogens is 2. The lowest BCUT2D eigenvalue weighted by molar-refractivity contribution is -0.144. The molecule has 202 valence electrons. The van der Waals surface area contributed by atoms with Gasteiger partial charge in [-0.05, 0) is 89.9 Å². The number of rotatable bonds is 8. The molecule has 3 aromatic rings. The number of carbonyl (C=O) groups is 1. The van der Waals surface area contributed by atoms with Crippen molar-refractivity contribution in [2.45, 2.75) is 56.4 Å². The third-order valence-electron chi connectivity index (χ3n) is 9.25. The second kappa shape index (κ2) is 11.1. The number of fused-ring (bicyclic) bond motifs is 1. The predicted molar refractivity (Wildman–Crippen MR) is 149 cm³/mol. The molecule has 2 saturated heterocycles. The van der Waals surface area contributed by atoms with Gasteiger partial charge < -0.3 is 14.4 Å². The van der Waals surface area contributed by atoms with Crippen LogP contribution in [0.15, 0.2) is 53.3 Å².